The van der Waals surface area contributed by atoms with E-state index >= 15 is 0 Å². The molecule has 4 fully saturated rings. The van der Waals surface area contributed by atoms with Gasteiger partial charge in [-0.2, -0.15) is 0 Å². The number of carbonyl (C=O) groups is 1. The van der Waals surface area contributed by atoms with Crippen molar-refractivity contribution in [3.63, 3.8) is 0 Å². The summed E-state index contributed by atoms with van der Waals surface area (Å²) < 4.78 is 0. The third-order valence-electron chi connectivity index (χ3n) is 7.64. The molecule has 0 saturated heterocycles. The number of rotatable bonds is 6. The van der Waals surface area contributed by atoms with Crippen LogP contribution >= 0.6 is 0 Å². The molecule has 0 spiro atoms. The molecule has 4 saturated carbocycles. The topological polar surface area (TPSA) is 88.2 Å². The maximum Gasteiger partial charge on any atom is 0.166 e. The van der Waals surface area contributed by atoms with Crippen LogP contribution in [0.25, 0.3) is 6.08 Å². The highest BCUT2D eigenvalue weighted by Crippen LogP contribution is 2.56. The molecular formula is C24H33N3O2. The molecule has 156 valence electrons. The van der Waals surface area contributed by atoms with Gasteiger partial charge in [0.05, 0.1) is 22.5 Å². The number of hydrogen-bond acceptors (Lipinski definition) is 5. The number of aliphatic hydroxyl groups is 1. The van der Waals surface area contributed by atoms with Crippen LogP contribution in [0.2, 0.25) is 0 Å². The molecule has 5 aliphatic carbocycles. The Balaban J connectivity index is 1.44. The van der Waals surface area contributed by atoms with E-state index in [2.05, 4.69) is 22.5 Å². The highest BCUT2D eigenvalue weighted by atomic mass is 16.3. The second-order valence-corrected chi connectivity index (χ2v) is 10.8. The quantitative estimate of drug-likeness (QED) is 0.639. The molecule has 5 aliphatic rings. The van der Waals surface area contributed by atoms with Gasteiger partial charge in [0.2, 0.25) is 0 Å². The minimum atomic E-state index is -0.444. The van der Waals surface area contributed by atoms with Gasteiger partial charge in [0.25, 0.3) is 0 Å². The van der Waals surface area contributed by atoms with Gasteiger partial charge in [0.15, 0.2) is 5.78 Å². The number of nitrogens with two attached hydrogens (primary N) is 1. The summed E-state index contributed by atoms with van der Waals surface area (Å²) >= 11 is 0. The van der Waals surface area contributed by atoms with E-state index in [0.717, 1.165) is 42.6 Å². The molecule has 29 heavy (non-hydrogen) atoms. The van der Waals surface area contributed by atoms with E-state index in [4.69, 9.17) is 5.73 Å². The minimum absolute atomic E-state index is 0.115. The third kappa shape index (κ3) is 3.53. The molecule has 6 rings (SSSR count). The Morgan fingerprint density at radius 2 is 2.03 bits per heavy atom. The highest BCUT2D eigenvalue weighted by Gasteiger charge is 2.54. The Kier molecular flexibility index (Phi) is 4.41. The van der Waals surface area contributed by atoms with E-state index in [1.54, 1.807) is 6.20 Å². The molecule has 1 aromatic heterocycles. The fourth-order valence-electron chi connectivity index (χ4n) is 6.52. The molecule has 2 atom stereocenters. The molecule has 4 bridgehead atoms. The number of nitrogens with zero attached hydrogens (tertiary/aromatic N) is 1. The molecule has 5 heteroatoms. The largest absolute Gasteiger partial charge is 0.390 e. The van der Waals surface area contributed by atoms with Crippen molar-refractivity contribution in [1.82, 2.24) is 4.98 Å². The van der Waals surface area contributed by atoms with Gasteiger partial charge < -0.3 is 16.2 Å². The number of Topliss-reactive ketones (excluding diaryl/α,β-unsaturated/α-hetero) is 1. The first-order chi connectivity index (χ1) is 13.7. The van der Waals surface area contributed by atoms with Crippen molar-refractivity contribution in [3.05, 3.63) is 29.1 Å². The maximum absolute atomic E-state index is 13.1. The summed E-state index contributed by atoms with van der Waals surface area (Å²) in [5, 5.41) is 14.7. The number of ketones is 1. The summed E-state index contributed by atoms with van der Waals surface area (Å²) in [7, 11) is 0. The van der Waals surface area contributed by atoms with Crippen molar-refractivity contribution in [2.24, 2.45) is 23.5 Å². The molecule has 0 aliphatic heterocycles. The average molecular weight is 396 g/mol. The van der Waals surface area contributed by atoms with Crippen molar-refractivity contribution in [3.8, 4) is 0 Å². The number of allylic oxidation sites excluding steroid dienone is 1. The van der Waals surface area contributed by atoms with E-state index in [9.17, 15) is 9.90 Å². The van der Waals surface area contributed by atoms with E-state index in [1.807, 2.05) is 13.8 Å². The fourth-order valence-corrected chi connectivity index (χ4v) is 6.52. The molecule has 1 aromatic rings. The average Bonchev–Trinajstić information content (AvgIpc) is 3.09. The maximum atomic E-state index is 13.1. The van der Waals surface area contributed by atoms with E-state index in [-0.39, 0.29) is 11.3 Å². The fraction of sp³-hybridized carbons (Fsp3) is 0.667. The first kappa shape index (κ1) is 19.3. The zero-order valence-corrected chi connectivity index (χ0v) is 17.6. The van der Waals surface area contributed by atoms with Crippen LogP contribution in [0.1, 0.15) is 80.4 Å². The number of fused-ring (bicyclic) bond motifs is 1. The van der Waals surface area contributed by atoms with Crippen molar-refractivity contribution < 1.29 is 9.90 Å². The smallest absolute Gasteiger partial charge is 0.166 e. The summed E-state index contributed by atoms with van der Waals surface area (Å²) in [5.41, 5.74) is 9.10. The molecule has 0 aromatic carbocycles. The summed E-state index contributed by atoms with van der Waals surface area (Å²) in [5.74, 6) is 1.77. The van der Waals surface area contributed by atoms with Crippen LogP contribution in [0.4, 0.5) is 5.69 Å². The molecule has 1 heterocycles. The van der Waals surface area contributed by atoms with Crippen LogP contribution in [0.15, 0.2) is 12.3 Å². The summed E-state index contributed by atoms with van der Waals surface area (Å²) in [6, 6.07) is 0.338. The Bertz CT molecular complexity index is 854. The lowest BCUT2D eigenvalue weighted by Gasteiger charge is -2.58. The number of aromatic nitrogens is 1. The lowest BCUT2D eigenvalue weighted by atomic mass is 9.52. The van der Waals surface area contributed by atoms with Crippen LogP contribution in [-0.4, -0.2) is 33.1 Å². The Morgan fingerprint density at radius 1 is 1.31 bits per heavy atom. The lowest BCUT2D eigenvalue weighted by molar-refractivity contribution is -0.129. The van der Waals surface area contributed by atoms with Gasteiger partial charge in [0.1, 0.15) is 0 Å². The number of hydrogen-bond donors (Lipinski definition) is 3. The summed E-state index contributed by atoms with van der Waals surface area (Å²) in [6.45, 7) is 3.92. The number of anilines is 1. The first-order valence-electron chi connectivity index (χ1n) is 11.2. The van der Waals surface area contributed by atoms with Crippen molar-refractivity contribution in [2.45, 2.75) is 82.4 Å². The van der Waals surface area contributed by atoms with Gasteiger partial charge in [-0.15, -0.1) is 0 Å². The second kappa shape index (κ2) is 6.64. The molecule has 2 unspecified atom stereocenters. The summed E-state index contributed by atoms with van der Waals surface area (Å²) in [6.07, 6.45) is 13.1. The van der Waals surface area contributed by atoms with E-state index in [0.29, 0.717) is 42.2 Å². The van der Waals surface area contributed by atoms with Crippen molar-refractivity contribution >= 4 is 17.5 Å². The first-order valence-corrected chi connectivity index (χ1v) is 11.2. The Morgan fingerprint density at radius 3 is 2.69 bits per heavy atom. The van der Waals surface area contributed by atoms with Crippen LogP contribution in [0.3, 0.4) is 0 Å². The Hall–Kier alpha value is -1.72. The predicted molar refractivity (Wildman–Crippen MR) is 115 cm³/mol. The lowest BCUT2D eigenvalue weighted by Crippen LogP contribution is -2.59. The van der Waals surface area contributed by atoms with Crippen LogP contribution in [-0.2, 0) is 6.42 Å². The molecule has 5 nitrogen and oxygen atoms in total. The molecule has 0 amide bonds. The highest BCUT2D eigenvalue weighted by molar-refractivity contribution is 6.03. The molecule has 0 radical (unpaired) electrons. The van der Waals surface area contributed by atoms with Gasteiger partial charge in [-0.05, 0) is 70.1 Å². The zero-order chi connectivity index (χ0) is 20.4. The van der Waals surface area contributed by atoms with Gasteiger partial charge >= 0.3 is 0 Å². The normalized spacial score (nSPS) is 34.5. The second-order valence-electron chi connectivity index (χ2n) is 10.8. The van der Waals surface area contributed by atoms with Crippen molar-refractivity contribution in [1.29, 1.82) is 0 Å². The van der Waals surface area contributed by atoms with E-state index in [1.165, 1.54) is 12.8 Å². The van der Waals surface area contributed by atoms with Crippen LogP contribution in [0, 0.1) is 17.8 Å². The van der Waals surface area contributed by atoms with Crippen LogP contribution < -0.4 is 11.1 Å². The van der Waals surface area contributed by atoms with Crippen LogP contribution in [0.5, 0.6) is 0 Å². The molecular weight excluding hydrogens is 362 g/mol. The standard InChI is InChI=1S/C24H33N3O2/c1-23(2,25)7-6-20(28)18-13-26-19-5-3-4-17(19)22(18)27-21-15-8-14-9-16(21)12-24(29,10-14)11-15/h3-4,13-16,21,29H,5-12,25H2,1-2H3,(H,26,27). The number of pyridine rings is 1. The van der Waals surface area contributed by atoms with Gasteiger partial charge in [-0.3, -0.25) is 9.78 Å². The Labute approximate surface area is 173 Å². The van der Waals surface area contributed by atoms with Gasteiger partial charge in [-0.25, -0.2) is 0 Å². The number of nitrogens with one attached hydrogen (secondary N) is 1. The zero-order valence-electron chi connectivity index (χ0n) is 17.6. The van der Waals surface area contributed by atoms with E-state index < -0.39 is 5.60 Å². The summed E-state index contributed by atoms with van der Waals surface area (Å²) in [4.78, 5) is 17.7. The van der Waals surface area contributed by atoms with Crippen molar-refractivity contribution in [2.75, 3.05) is 5.32 Å². The molecule has 4 N–H and O–H groups in total. The SMILES string of the molecule is CC(C)(N)CCC(=O)c1cnc2c(c1NC1C3CC4CC1CC(O)(C4)C3)C=CC2. The van der Waals surface area contributed by atoms with Gasteiger partial charge in [-0.1, -0.05) is 12.2 Å². The third-order valence-corrected chi connectivity index (χ3v) is 7.64. The monoisotopic (exact) mass is 395 g/mol. The van der Waals surface area contributed by atoms with Gasteiger partial charge in [0, 0.05) is 36.2 Å². The predicted octanol–water partition coefficient (Wildman–Crippen LogP) is 3.70. The minimum Gasteiger partial charge on any atom is -0.390 e. The number of carbonyl (C=O) groups excluding carboxylic acids is 1.